The molecule has 8 nitrogen and oxygen atoms in total. The highest BCUT2D eigenvalue weighted by atomic mass is 16.5. The predicted molar refractivity (Wildman–Crippen MR) is 117 cm³/mol. The molecule has 2 aromatic rings. The number of aromatic nitrogens is 2. The fourth-order valence-electron chi connectivity index (χ4n) is 4.18. The van der Waals surface area contributed by atoms with E-state index in [1.54, 1.807) is 4.90 Å². The molecule has 2 amide bonds. The molecule has 0 aromatic carbocycles. The average molecular weight is 424 g/mol. The molecule has 164 valence electrons. The molecule has 0 aliphatic carbocycles. The quantitative estimate of drug-likeness (QED) is 0.657. The summed E-state index contributed by atoms with van der Waals surface area (Å²) in [6.07, 6.45) is 3.36. The van der Waals surface area contributed by atoms with Crippen LogP contribution in [0.1, 0.15) is 43.1 Å². The lowest BCUT2D eigenvalue weighted by molar-refractivity contribution is -0.137. The van der Waals surface area contributed by atoms with Crippen LogP contribution in [-0.2, 0) is 14.3 Å². The van der Waals surface area contributed by atoms with Crippen molar-refractivity contribution in [3.05, 3.63) is 47.8 Å². The first kappa shape index (κ1) is 21.2. The Balaban J connectivity index is 1.33. The van der Waals surface area contributed by atoms with Gasteiger partial charge in [-0.15, -0.1) is 0 Å². The highest BCUT2D eigenvalue weighted by Gasteiger charge is 2.31. The number of ether oxygens (including phenoxy) is 1. The zero-order valence-corrected chi connectivity index (χ0v) is 17.9. The van der Waals surface area contributed by atoms with E-state index in [2.05, 4.69) is 10.3 Å². The molecule has 2 aliphatic rings. The van der Waals surface area contributed by atoms with Crippen LogP contribution in [0.15, 0.2) is 36.4 Å². The maximum atomic E-state index is 12.8. The summed E-state index contributed by atoms with van der Waals surface area (Å²) in [5, 5.41) is 3.24. The van der Waals surface area contributed by atoms with E-state index in [9.17, 15) is 9.59 Å². The molecule has 31 heavy (non-hydrogen) atoms. The molecule has 4 rings (SSSR count). The van der Waals surface area contributed by atoms with Crippen molar-refractivity contribution in [3.8, 4) is 0 Å². The Morgan fingerprint density at radius 2 is 1.94 bits per heavy atom. The molecule has 0 bridgehead atoms. The molecule has 1 N–H and O–H groups in total. The van der Waals surface area contributed by atoms with Crippen molar-refractivity contribution < 1.29 is 14.3 Å². The number of hydrogen-bond donors (Lipinski definition) is 1. The van der Waals surface area contributed by atoms with Crippen LogP contribution < -0.4 is 5.32 Å². The first-order valence-corrected chi connectivity index (χ1v) is 10.9. The Bertz CT molecular complexity index is 935. The third-order valence-electron chi connectivity index (χ3n) is 5.73. The Kier molecular flexibility index (Phi) is 6.76. The number of carbonyl (C=O) groups excluding carboxylic acids is 2. The molecule has 0 radical (unpaired) electrons. The highest BCUT2D eigenvalue weighted by Crippen LogP contribution is 2.31. The molecule has 0 spiro atoms. The normalized spacial score (nSPS) is 18.6. The molecule has 4 heterocycles. The van der Waals surface area contributed by atoms with Crippen LogP contribution in [0.25, 0.3) is 0 Å². The van der Waals surface area contributed by atoms with Gasteiger partial charge in [0.15, 0.2) is 0 Å². The van der Waals surface area contributed by atoms with Gasteiger partial charge in [0.25, 0.3) is 0 Å². The highest BCUT2D eigenvalue weighted by molar-refractivity contribution is 5.78. The van der Waals surface area contributed by atoms with E-state index in [1.165, 1.54) is 0 Å². The molecular weight excluding hydrogens is 394 g/mol. The Hall–Kier alpha value is -3.00. The molecule has 1 unspecified atom stereocenters. The summed E-state index contributed by atoms with van der Waals surface area (Å²) in [6.45, 7) is 4.41. The van der Waals surface area contributed by atoms with Gasteiger partial charge >= 0.3 is 0 Å². The fourth-order valence-corrected chi connectivity index (χ4v) is 4.18. The Morgan fingerprint density at radius 3 is 2.71 bits per heavy atom. The van der Waals surface area contributed by atoms with Gasteiger partial charge in [0.1, 0.15) is 18.2 Å². The predicted octanol–water partition coefficient (Wildman–Crippen LogP) is 2.83. The third-order valence-corrected chi connectivity index (χ3v) is 5.73. The Morgan fingerprint density at radius 1 is 1.13 bits per heavy atom. The number of amides is 2. The van der Waals surface area contributed by atoms with Crippen molar-refractivity contribution in [3.63, 3.8) is 0 Å². The molecule has 2 saturated heterocycles. The van der Waals surface area contributed by atoms with Crippen molar-refractivity contribution in [2.24, 2.45) is 0 Å². The van der Waals surface area contributed by atoms with E-state index >= 15 is 0 Å². The van der Waals surface area contributed by atoms with Gasteiger partial charge in [0.2, 0.25) is 11.8 Å². The molecule has 0 saturated carbocycles. The summed E-state index contributed by atoms with van der Waals surface area (Å²) < 4.78 is 5.59. The van der Waals surface area contributed by atoms with E-state index in [-0.39, 0.29) is 24.5 Å². The average Bonchev–Trinajstić information content (AvgIpc) is 3.40. The standard InChI is InChI=1S/C23H29N5O3/c1-17-6-2-9-20(24-17)26-21-10-3-7-18(25-21)19-8-4-13-28(19)23(30)16-31-15-14-27-12-5-11-22(27)29/h2-3,6-7,9-10,19H,4-5,8,11-16H2,1H3,(H,24,25,26). The first-order chi connectivity index (χ1) is 15.1. The number of pyridine rings is 2. The van der Waals surface area contributed by atoms with Gasteiger partial charge in [-0.3, -0.25) is 9.59 Å². The molecule has 2 aromatic heterocycles. The number of likely N-dealkylation sites (tertiary alicyclic amines) is 2. The number of aryl methyl sites for hydroxylation is 1. The van der Waals surface area contributed by atoms with E-state index in [0.29, 0.717) is 31.9 Å². The summed E-state index contributed by atoms with van der Waals surface area (Å²) in [5.74, 6) is 1.60. The van der Waals surface area contributed by atoms with Crippen LogP contribution in [0.2, 0.25) is 0 Å². The van der Waals surface area contributed by atoms with E-state index in [0.717, 1.165) is 43.0 Å². The lowest BCUT2D eigenvalue weighted by Crippen LogP contribution is -2.35. The van der Waals surface area contributed by atoms with Gasteiger partial charge in [-0.05, 0) is 50.5 Å². The lowest BCUT2D eigenvalue weighted by Gasteiger charge is -2.25. The second-order valence-electron chi connectivity index (χ2n) is 8.02. The molecule has 8 heteroatoms. The SMILES string of the molecule is Cc1cccc(Nc2cccc(C3CCCN3C(=O)COCCN3CCCC3=O)n2)n1. The first-order valence-electron chi connectivity index (χ1n) is 10.9. The van der Waals surface area contributed by atoms with Crippen LogP contribution in [-0.4, -0.2) is 64.4 Å². The van der Waals surface area contributed by atoms with Crippen LogP contribution in [0.3, 0.4) is 0 Å². The Labute approximate surface area is 182 Å². The number of nitrogens with zero attached hydrogens (tertiary/aromatic N) is 4. The minimum absolute atomic E-state index is 0.0314. The molecule has 2 fully saturated rings. The van der Waals surface area contributed by atoms with Crippen molar-refractivity contribution in [2.45, 2.75) is 38.6 Å². The van der Waals surface area contributed by atoms with E-state index < -0.39 is 0 Å². The van der Waals surface area contributed by atoms with Crippen molar-refractivity contribution >= 4 is 23.5 Å². The number of rotatable bonds is 8. The largest absolute Gasteiger partial charge is 0.370 e. The smallest absolute Gasteiger partial charge is 0.249 e. The van der Waals surface area contributed by atoms with Crippen molar-refractivity contribution in [2.75, 3.05) is 38.2 Å². The second-order valence-corrected chi connectivity index (χ2v) is 8.02. The summed E-state index contributed by atoms with van der Waals surface area (Å²) in [5.41, 5.74) is 1.80. The topological polar surface area (TPSA) is 87.7 Å². The number of nitrogens with one attached hydrogen (secondary N) is 1. The number of hydrogen-bond acceptors (Lipinski definition) is 6. The third kappa shape index (κ3) is 5.38. The van der Waals surface area contributed by atoms with Gasteiger partial charge in [-0.1, -0.05) is 12.1 Å². The van der Waals surface area contributed by atoms with Crippen molar-refractivity contribution in [1.82, 2.24) is 19.8 Å². The van der Waals surface area contributed by atoms with Crippen molar-refractivity contribution in [1.29, 1.82) is 0 Å². The molecule has 2 aliphatic heterocycles. The maximum absolute atomic E-state index is 12.8. The zero-order chi connectivity index (χ0) is 21.6. The van der Waals surface area contributed by atoms with E-state index in [4.69, 9.17) is 9.72 Å². The summed E-state index contributed by atoms with van der Waals surface area (Å²) in [4.78, 5) is 37.3. The number of anilines is 2. The fraction of sp³-hybridized carbons (Fsp3) is 0.478. The summed E-state index contributed by atoms with van der Waals surface area (Å²) in [7, 11) is 0. The van der Waals surface area contributed by atoms with Gasteiger partial charge in [0.05, 0.1) is 18.3 Å². The van der Waals surface area contributed by atoms with Gasteiger partial charge in [0, 0.05) is 31.7 Å². The minimum atomic E-state index is -0.0523. The van der Waals surface area contributed by atoms with E-state index in [1.807, 2.05) is 48.2 Å². The zero-order valence-electron chi connectivity index (χ0n) is 17.9. The van der Waals surface area contributed by atoms with Crippen LogP contribution >= 0.6 is 0 Å². The minimum Gasteiger partial charge on any atom is -0.370 e. The van der Waals surface area contributed by atoms with Crippen LogP contribution in [0, 0.1) is 6.92 Å². The molecular formula is C23H29N5O3. The summed E-state index contributed by atoms with van der Waals surface area (Å²) >= 11 is 0. The van der Waals surface area contributed by atoms with Crippen LogP contribution in [0.5, 0.6) is 0 Å². The molecule has 1 atom stereocenters. The monoisotopic (exact) mass is 423 g/mol. The lowest BCUT2D eigenvalue weighted by atomic mass is 10.1. The summed E-state index contributed by atoms with van der Waals surface area (Å²) in [6, 6.07) is 11.6. The maximum Gasteiger partial charge on any atom is 0.249 e. The van der Waals surface area contributed by atoms with Crippen LogP contribution in [0.4, 0.5) is 11.6 Å². The van der Waals surface area contributed by atoms with Gasteiger partial charge in [-0.25, -0.2) is 9.97 Å². The van der Waals surface area contributed by atoms with Gasteiger partial charge < -0.3 is 19.9 Å². The number of carbonyl (C=O) groups is 2. The van der Waals surface area contributed by atoms with Gasteiger partial charge in [-0.2, -0.15) is 0 Å². The second kappa shape index (κ2) is 9.87.